The van der Waals surface area contributed by atoms with E-state index in [9.17, 15) is 4.79 Å². The fraction of sp³-hybridized carbons (Fsp3) is 0.167. The van der Waals surface area contributed by atoms with E-state index in [0.29, 0.717) is 33.2 Å². The number of ether oxygens (including phenoxy) is 2. The number of Topliss-reactive ketones (excluding diaryl/α,β-unsaturated/α-hetero) is 1. The molecule has 1 heterocycles. The van der Waals surface area contributed by atoms with E-state index >= 15 is 0 Å². The first kappa shape index (κ1) is 18.3. The van der Waals surface area contributed by atoms with Gasteiger partial charge in [-0.25, -0.2) is 0 Å². The number of benzene rings is 2. The molecule has 0 aliphatic heterocycles. The quantitative estimate of drug-likeness (QED) is 0.419. The van der Waals surface area contributed by atoms with E-state index in [2.05, 4.69) is 10.2 Å². The van der Waals surface area contributed by atoms with Crippen LogP contribution < -0.4 is 9.47 Å². The van der Waals surface area contributed by atoms with Crippen molar-refractivity contribution in [3.63, 3.8) is 0 Å². The lowest BCUT2D eigenvalue weighted by Crippen LogP contribution is -2.04. The van der Waals surface area contributed by atoms with E-state index in [0.717, 1.165) is 11.8 Å². The molecule has 0 spiro atoms. The molecule has 26 heavy (non-hydrogen) atoms. The van der Waals surface area contributed by atoms with Crippen molar-refractivity contribution in [3.05, 3.63) is 65.0 Å². The molecule has 0 aliphatic carbocycles. The molecule has 1 aromatic heterocycles. The monoisotopic (exact) mass is 390 g/mol. The molecule has 0 radical (unpaired) electrons. The van der Waals surface area contributed by atoms with Crippen LogP contribution in [0.5, 0.6) is 11.5 Å². The van der Waals surface area contributed by atoms with Crippen molar-refractivity contribution in [2.75, 3.05) is 12.9 Å². The van der Waals surface area contributed by atoms with Crippen molar-refractivity contribution in [2.24, 2.45) is 0 Å². The Bertz CT molecular complexity index is 900. The number of aromatic nitrogens is 2. The molecule has 2 aromatic carbocycles. The Labute approximate surface area is 159 Å². The van der Waals surface area contributed by atoms with Crippen molar-refractivity contribution in [3.8, 4) is 11.5 Å². The number of nitrogens with zero attached hydrogens (tertiary/aromatic N) is 2. The van der Waals surface area contributed by atoms with Gasteiger partial charge in [-0.2, -0.15) is 0 Å². The molecule has 0 saturated heterocycles. The summed E-state index contributed by atoms with van der Waals surface area (Å²) in [5.74, 6) is 1.45. The molecule has 3 rings (SSSR count). The number of halogens is 1. The van der Waals surface area contributed by atoms with E-state index in [1.54, 1.807) is 30.3 Å². The lowest BCUT2D eigenvalue weighted by atomic mass is 10.1. The number of hydrogen-bond donors (Lipinski definition) is 0. The SMILES string of the molecule is COc1ccccc1C(=O)CSc1nnc(COc2ccccc2Cl)o1. The highest BCUT2D eigenvalue weighted by Gasteiger charge is 2.15. The zero-order chi connectivity index (χ0) is 18.4. The Hall–Kier alpha value is -2.51. The summed E-state index contributed by atoms with van der Waals surface area (Å²) >= 11 is 7.18. The van der Waals surface area contributed by atoms with Crippen LogP contribution in [0.4, 0.5) is 0 Å². The third-order valence-electron chi connectivity index (χ3n) is 3.37. The number of carbonyl (C=O) groups is 1. The molecule has 0 aliphatic rings. The molecule has 0 amide bonds. The predicted molar refractivity (Wildman–Crippen MR) is 98.1 cm³/mol. The minimum absolute atomic E-state index is 0.0838. The highest BCUT2D eigenvalue weighted by molar-refractivity contribution is 7.99. The van der Waals surface area contributed by atoms with Gasteiger partial charge in [0, 0.05) is 0 Å². The second kappa shape index (κ2) is 8.73. The van der Waals surface area contributed by atoms with Gasteiger partial charge in [-0.3, -0.25) is 4.79 Å². The molecular weight excluding hydrogens is 376 g/mol. The first-order valence-electron chi connectivity index (χ1n) is 7.66. The molecule has 0 saturated carbocycles. The topological polar surface area (TPSA) is 74.5 Å². The zero-order valence-electron chi connectivity index (χ0n) is 13.8. The Kier molecular flexibility index (Phi) is 6.14. The summed E-state index contributed by atoms with van der Waals surface area (Å²) in [6.45, 7) is 0.0950. The minimum Gasteiger partial charge on any atom is -0.496 e. The minimum atomic E-state index is -0.0838. The van der Waals surface area contributed by atoms with Crippen molar-refractivity contribution in [2.45, 2.75) is 11.8 Å². The van der Waals surface area contributed by atoms with Crippen LogP contribution in [0.25, 0.3) is 0 Å². The standard InChI is InChI=1S/C18H15ClN2O4S/c1-23-15-8-4-2-6-12(15)14(22)11-26-18-21-20-17(25-18)10-24-16-9-5-3-7-13(16)19/h2-9H,10-11H2,1H3. The van der Waals surface area contributed by atoms with Crippen LogP contribution in [0, 0.1) is 0 Å². The maximum absolute atomic E-state index is 12.3. The summed E-state index contributed by atoms with van der Waals surface area (Å²) < 4.78 is 16.2. The first-order valence-corrected chi connectivity index (χ1v) is 9.02. The average Bonchev–Trinajstić information content (AvgIpc) is 3.13. The average molecular weight is 391 g/mol. The molecule has 8 heteroatoms. The summed E-state index contributed by atoms with van der Waals surface area (Å²) in [4.78, 5) is 12.3. The number of carbonyl (C=O) groups excluding carboxylic acids is 1. The van der Waals surface area contributed by atoms with Crippen LogP contribution in [0.1, 0.15) is 16.2 Å². The summed E-state index contributed by atoms with van der Waals surface area (Å²) in [7, 11) is 1.53. The maximum atomic E-state index is 12.3. The van der Waals surface area contributed by atoms with Gasteiger partial charge in [0.1, 0.15) is 11.5 Å². The Morgan fingerprint density at radius 3 is 2.62 bits per heavy atom. The number of rotatable bonds is 8. The van der Waals surface area contributed by atoms with Gasteiger partial charge < -0.3 is 13.9 Å². The number of ketones is 1. The second-order valence-corrected chi connectivity index (χ2v) is 6.43. The van der Waals surface area contributed by atoms with Gasteiger partial charge in [0.05, 0.1) is 23.4 Å². The number of hydrogen-bond acceptors (Lipinski definition) is 7. The third-order valence-corrected chi connectivity index (χ3v) is 4.50. The van der Waals surface area contributed by atoms with Crippen molar-refractivity contribution >= 4 is 29.1 Å². The molecule has 134 valence electrons. The van der Waals surface area contributed by atoms with Crippen LogP contribution in [-0.2, 0) is 6.61 Å². The highest BCUT2D eigenvalue weighted by Crippen LogP contribution is 2.25. The fourth-order valence-electron chi connectivity index (χ4n) is 2.14. The largest absolute Gasteiger partial charge is 0.496 e. The first-order chi connectivity index (χ1) is 12.7. The Morgan fingerprint density at radius 1 is 1.12 bits per heavy atom. The van der Waals surface area contributed by atoms with Crippen molar-refractivity contribution in [1.82, 2.24) is 10.2 Å². The molecular formula is C18H15ClN2O4S. The van der Waals surface area contributed by atoms with Crippen LogP contribution in [-0.4, -0.2) is 28.8 Å². The summed E-state index contributed by atoms with van der Waals surface area (Å²) in [5, 5.41) is 8.61. The number of thioether (sulfide) groups is 1. The van der Waals surface area contributed by atoms with Gasteiger partial charge in [0.25, 0.3) is 11.1 Å². The van der Waals surface area contributed by atoms with E-state index in [4.69, 9.17) is 25.5 Å². The van der Waals surface area contributed by atoms with E-state index in [-0.39, 0.29) is 18.1 Å². The van der Waals surface area contributed by atoms with E-state index in [1.807, 2.05) is 18.2 Å². The summed E-state index contributed by atoms with van der Waals surface area (Å²) in [6.07, 6.45) is 0. The van der Waals surface area contributed by atoms with Crippen molar-refractivity contribution < 1.29 is 18.7 Å². The van der Waals surface area contributed by atoms with E-state index < -0.39 is 0 Å². The number of methoxy groups -OCH3 is 1. The molecule has 0 atom stereocenters. The zero-order valence-corrected chi connectivity index (χ0v) is 15.4. The Morgan fingerprint density at radius 2 is 1.85 bits per heavy atom. The van der Waals surface area contributed by atoms with Gasteiger partial charge >= 0.3 is 0 Å². The normalized spacial score (nSPS) is 10.5. The molecule has 0 N–H and O–H groups in total. The second-order valence-electron chi connectivity index (χ2n) is 5.09. The van der Waals surface area contributed by atoms with Crippen molar-refractivity contribution in [1.29, 1.82) is 0 Å². The highest BCUT2D eigenvalue weighted by atomic mass is 35.5. The van der Waals surface area contributed by atoms with Gasteiger partial charge in [-0.1, -0.05) is 47.6 Å². The van der Waals surface area contributed by atoms with Gasteiger partial charge in [-0.05, 0) is 24.3 Å². The Balaban J connectivity index is 1.55. The number of para-hydroxylation sites is 2. The maximum Gasteiger partial charge on any atom is 0.277 e. The van der Waals surface area contributed by atoms with Crippen LogP contribution in [0.15, 0.2) is 58.2 Å². The fourth-order valence-corrected chi connectivity index (χ4v) is 2.99. The van der Waals surface area contributed by atoms with Crippen LogP contribution in [0.2, 0.25) is 5.02 Å². The van der Waals surface area contributed by atoms with Gasteiger partial charge in [0.15, 0.2) is 12.4 Å². The smallest absolute Gasteiger partial charge is 0.277 e. The van der Waals surface area contributed by atoms with Crippen LogP contribution >= 0.6 is 23.4 Å². The van der Waals surface area contributed by atoms with E-state index in [1.165, 1.54) is 7.11 Å². The molecule has 3 aromatic rings. The summed E-state index contributed by atoms with van der Waals surface area (Å²) in [5.41, 5.74) is 0.518. The molecule has 0 unspecified atom stereocenters. The molecule has 0 fully saturated rings. The molecule has 0 bridgehead atoms. The lowest BCUT2D eigenvalue weighted by Gasteiger charge is -2.05. The van der Waals surface area contributed by atoms with Gasteiger partial charge in [-0.15, -0.1) is 10.2 Å². The molecule has 6 nitrogen and oxygen atoms in total. The predicted octanol–water partition coefficient (Wildman–Crippen LogP) is 4.29. The summed E-state index contributed by atoms with van der Waals surface area (Å²) in [6, 6.07) is 14.2. The third kappa shape index (κ3) is 4.56. The lowest BCUT2D eigenvalue weighted by molar-refractivity contribution is 0.101. The van der Waals surface area contributed by atoms with Gasteiger partial charge in [0.2, 0.25) is 0 Å². The van der Waals surface area contributed by atoms with Crippen LogP contribution in [0.3, 0.4) is 0 Å².